The Morgan fingerprint density at radius 2 is 1.68 bits per heavy atom. The van der Waals surface area contributed by atoms with E-state index in [9.17, 15) is 4.79 Å². The maximum Gasteiger partial charge on any atom is 0.253 e. The first-order valence-corrected chi connectivity index (χ1v) is 15.0. The molecule has 1 aliphatic heterocycles. The summed E-state index contributed by atoms with van der Waals surface area (Å²) >= 11 is 0. The van der Waals surface area contributed by atoms with Crippen molar-refractivity contribution in [3.8, 4) is 0 Å². The first-order valence-electron chi connectivity index (χ1n) is 12.1. The van der Waals surface area contributed by atoms with E-state index in [0.717, 1.165) is 17.7 Å². The van der Waals surface area contributed by atoms with Crippen LogP contribution in [0.25, 0.3) is 0 Å². The summed E-state index contributed by atoms with van der Waals surface area (Å²) < 4.78 is 18.5. The Bertz CT molecular complexity index is 953. The molecule has 0 saturated heterocycles. The number of amides is 1. The van der Waals surface area contributed by atoms with E-state index in [-0.39, 0.29) is 23.2 Å². The second kappa shape index (κ2) is 11.2. The Morgan fingerprint density at radius 3 is 2.29 bits per heavy atom. The number of ether oxygens (including phenoxy) is 2. The molecule has 1 heterocycles. The summed E-state index contributed by atoms with van der Waals surface area (Å²) in [4.78, 5) is 14.7. The van der Waals surface area contributed by atoms with Gasteiger partial charge >= 0.3 is 0 Å². The predicted molar refractivity (Wildman–Crippen MR) is 139 cm³/mol. The molecule has 0 fully saturated rings. The highest BCUT2D eigenvalue weighted by atomic mass is 28.4. The molecule has 1 aliphatic rings. The van der Waals surface area contributed by atoms with Crippen LogP contribution in [-0.2, 0) is 20.3 Å². The maximum atomic E-state index is 13.0. The van der Waals surface area contributed by atoms with Crippen molar-refractivity contribution < 1.29 is 18.7 Å². The summed E-state index contributed by atoms with van der Waals surface area (Å²) in [6.07, 6.45) is 2.81. The van der Waals surface area contributed by atoms with Gasteiger partial charge in [-0.25, -0.2) is 0 Å². The zero-order chi connectivity index (χ0) is 24.8. The second-order valence-electron chi connectivity index (χ2n) is 10.5. The van der Waals surface area contributed by atoms with Crippen molar-refractivity contribution >= 4 is 14.2 Å². The van der Waals surface area contributed by atoms with Crippen molar-refractivity contribution in [3.63, 3.8) is 0 Å². The average Bonchev–Trinajstić information content (AvgIpc) is 3.26. The minimum absolute atomic E-state index is 0.00346. The van der Waals surface area contributed by atoms with Crippen LogP contribution in [0.15, 0.2) is 72.7 Å². The molecular weight excluding hydrogens is 442 g/mol. The van der Waals surface area contributed by atoms with Crippen LogP contribution in [0.2, 0.25) is 18.1 Å². The monoisotopic (exact) mass is 481 g/mol. The van der Waals surface area contributed by atoms with Crippen molar-refractivity contribution in [1.82, 2.24) is 4.90 Å². The van der Waals surface area contributed by atoms with Crippen LogP contribution in [0, 0.1) is 5.92 Å². The van der Waals surface area contributed by atoms with Gasteiger partial charge in [-0.05, 0) is 42.2 Å². The van der Waals surface area contributed by atoms with E-state index < -0.39 is 8.32 Å². The van der Waals surface area contributed by atoms with E-state index in [1.807, 2.05) is 55.6 Å². The summed E-state index contributed by atoms with van der Waals surface area (Å²) in [5, 5.41) is 0.148. The summed E-state index contributed by atoms with van der Waals surface area (Å²) in [5.41, 5.74) is 1.84. The molecule has 0 saturated carbocycles. The molecule has 184 valence electrons. The van der Waals surface area contributed by atoms with Gasteiger partial charge in [0.2, 0.25) is 6.29 Å². The van der Waals surface area contributed by atoms with Crippen molar-refractivity contribution in [3.05, 3.63) is 83.8 Å². The van der Waals surface area contributed by atoms with Crippen LogP contribution in [0.1, 0.15) is 43.1 Å². The molecule has 3 rings (SSSR count). The van der Waals surface area contributed by atoms with Gasteiger partial charge in [-0.2, -0.15) is 0 Å². The molecule has 2 aromatic carbocycles. The van der Waals surface area contributed by atoms with Crippen molar-refractivity contribution in [2.24, 2.45) is 5.92 Å². The number of carbonyl (C=O) groups excluding carboxylic acids is 1. The lowest BCUT2D eigenvalue weighted by Gasteiger charge is -2.36. The largest absolute Gasteiger partial charge is 0.459 e. The van der Waals surface area contributed by atoms with E-state index in [0.29, 0.717) is 25.1 Å². The minimum Gasteiger partial charge on any atom is -0.459 e. The van der Waals surface area contributed by atoms with Crippen LogP contribution >= 0.6 is 0 Å². The fraction of sp³-hybridized carbons (Fsp3) is 0.464. The third-order valence-corrected chi connectivity index (χ3v) is 11.4. The first kappa shape index (κ1) is 26.0. The zero-order valence-electron chi connectivity index (χ0n) is 21.4. The zero-order valence-corrected chi connectivity index (χ0v) is 22.4. The molecule has 1 amide bonds. The number of benzene rings is 2. The quantitative estimate of drug-likeness (QED) is 0.377. The standard InChI is InChI=1S/C28H39NO4Si/c1-28(2,3)34(5,6)32-18-17-24(20-29(4)27(30)23-15-11-8-12-16-23)25-21-31-26(33-25)19-22-13-9-7-10-14-22/h7-16,21,24,26H,17-20H2,1-6H3. The molecule has 0 radical (unpaired) electrons. The Balaban J connectivity index is 1.66. The number of hydrogen-bond acceptors (Lipinski definition) is 4. The number of hydrogen-bond donors (Lipinski definition) is 0. The van der Waals surface area contributed by atoms with Crippen LogP contribution in [0.4, 0.5) is 0 Å². The van der Waals surface area contributed by atoms with Crippen LogP contribution < -0.4 is 0 Å². The third-order valence-electron chi connectivity index (χ3n) is 6.85. The predicted octanol–water partition coefficient (Wildman–Crippen LogP) is 6.24. The van der Waals surface area contributed by atoms with Crippen LogP contribution in [0.5, 0.6) is 0 Å². The fourth-order valence-corrected chi connectivity index (χ4v) is 4.71. The van der Waals surface area contributed by atoms with E-state index >= 15 is 0 Å². The van der Waals surface area contributed by atoms with Gasteiger partial charge in [0, 0.05) is 38.1 Å². The van der Waals surface area contributed by atoms with Crippen molar-refractivity contribution in [2.75, 3.05) is 20.2 Å². The van der Waals surface area contributed by atoms with Gasteiger partial charge in [0.05, 0.1) is 0 Å². The summed E-state index contributed by atoms with van der Waals surface area (Å²) in [7, 11) is -0.0201. The van der Waals surface area contributed by atoms with E-state index in [4.69, 9.17) is 13.9 Å². The van der Waals surface area contributed by atoms with Gasteiger partial charge in [-0.1, -0.05) is 69.3 Å². The number of carbonyl (C=O) groups is 1. The first-order chi connectivity index (χ1) is 16.1. The van der Waals surface area contributed by atoms with Crippen LogP contribution in [0.3, 0.4) is 0 Å². The summed E-state index contributed by atoms with van der Waals surface area (Å²) in [6.45, 7) is 12.4. The van der Waals surface area contributed by atoms with Gasteiger partial charge in [-0.3, -0.25) is 4.79 Å². The highest BCUT2D eigenvalue weighted by Crippen LogP contribution is 2.37. The number of rotatable bonds is 10. The smallest absolute Gasteiger partial charge is 0.253 e. The molecule has 5 nitrogen and oxygen atoms in total. The molecule has 0 N–H and O–H groups in total. The molecule has 2 aromatic rings. The highest BCUT2D eigenvalue weighted by Gasteiger charge is 2.37. The van der Waals surface area contributed by atoms with E-state index in [1.54, 1.807) is 11.2 Å². The molecule has 0 spiro atoms. The Labute approximate surface area is 205 Å². The average molecular weight is 482 g/mol. The molecular formula is C28H39NO4Si. The Morgan fingerprint density at radius 1 is 1.06 bits per heavy atom. The molecule has 6 heteroatoms. The Hall–Kier alpha value is -2.57. The van der Waals surface area contributed by atoms with E-state index in [1.165, 1.54) is 0 Å². The lowest BCUT2D eigenvalue weighted by atomic mass is 10.0. The molecule has 0 bridgehead atoms. The second-order valence-corrected chi connectivity index (χ2v) is 15.3. The van der Waals surface area contributed by atoms with Crippen molar-refractivity contribution in [2.45, 2.75) is 58.0 Å². The number of nitrogens with zero attached hydrogens (tertiary/aromatic N) is 1. The summed E-state index contributed by atoms with van der Waals surface area (Å²) in [5.74, 6) is 0.770. The minimum atomic E-state index is -1.86. The SMILES string of the molecule is CN(CC(CCO[Si](C)(C)C(C)(C)C)C1=COC(Cc2ccccc2)O1)C(=O)c1ccccc1. The maximum absolute atomic E-state index is 13.0. The van der Waals surface area contributed by atoms with Crippen LogP contribution in [-0.4, -0.2) is 45.6 Å². The third kappa shape index (κ3) is 6.97. The molecule has 2 unspecified atom stereocenters. The lowest BCUT2D eigenvalue weighted by molar-refractivity contribution is -0.0378. The molecule has 0 aliphatic carbocycles. The van der Waals surface area contributed by atoms with Gasteiger partial charge in [-0.15, -0.1) is 0 Å². The molecule has 34 heavy (non-hydrogen) atoms. The Kier molecular flexibility index (Phi) is 8.60. The van der Waals surface area contributed by atoms with E-state index in [2.05, 4.69) is 46.0 Å². The summed E-state index contributed by atoms with van der Waals surface area (Å²) in [6, 6.07) is 19.6. The fourth-order valence-electron chi connectivity index (χ4n) is 3.65. The van der Waals surface area contributed by atoms with Gasteiger partial charge in [0.25, 0.3) is 5.91 Å². The van der Waals surface area contributed by atoms with Gasteiger partial charge < -0.3 is 18.8 Å². The van der Waals surface area contributed by atoms with Gasteiger partial charge in [0.15, 0.2) is 8.32 Å². The van der Waals surface area contributed by atoms with Gasteiger partial charge in [0.1, 0.15) is 12.0 Å². The molecule has 0 aromatic heterocycles. The molecule has 2 atom stereocenters. The topological polar surface area (TPSA) is 48.0 Å². The lowest BCUT2D eigenvalue weighted by Crippen LogP contribution is -2.41. The van der Waals surface area contributed by atoms with Crippen molar-refractivity contribution in [1.29, 1.82) is 0 Å². The highest BCUT2D eigenvalue weighted by molar-refractivity contribution is 6.74. The normalized spacial score (nSPS) is 16.9.